The lowest BCUT2D eigenvalue weighted by Crippen LogP contribution is -2.18. The number of nitrogens with zero attached hydrogens (tertiary/aromatic N) is 2. The topological polar surface area (TPSA) is 113 Å². The van der Waals surface area contributed by atoms with Crippen LogP contribution in [0.5, 0.6) is 17.2 Å². The lowest BCUT2D eigenvalue weighted by Gasteiger charge is -2.26. The van der Waals surface area contributed by atoms with Crippen LogP contribution in [0.15, 0.2) is 144 Å². The second-order valence-electron chi connectivity index (χ2n) is 12.3. The van der Waals surface area contributed by atoms with Crippen molar-refractivity contribution < 1.29 is 27.5 Å². The van der Waals surface area contributed by atoms with Crippen LogP contribution in [0.4, 0.5) is 0 Å². The largest absolute Gasteiger partial charge is 0.497 e. The van der Waals surface area contributed by atoms with Gasteiger partial charge in [0.1, 0.15) is 17.2 Å². The van der Waals surface area contributed by atoms with Crippen LogP contribution >= 0.6 is 0 Å². The summed E-state index contributed by atoms with van der Waals surface area (Å²) in [6.07, 6.45) is 5.86. The van der Waals surface area contributed by atoms with Crippen LogP contribution in [0.2, 0.25) is 0 Å². The van der Waals surface area contributed by atoms with E-state index in [4.69, 9.17) is 9.47 Å². The molecule has 0 spiro atoms. The minimum atomic E-state index is -4.40. The van der Waals surface area contributed by atoms with Crippen LogP contribution in [0, 0.1) is 6.92 Å². The number of carbonyl (C=O) groups excluding carboxylic acids is 2. The molecule has 0 fully saturated rings. The molecule has 0 amide bonds. The summed E-state index contributed by atoms with van der Waals surface area (Å²) in [5, 5.41) is 0. The summed E-state index contributed by atoms with van der Waals surface area (Å²) in [5.74, 6) is 0.533. The van der Waals surface area contributed by atoms with Crippen molar-refractivity contribution in [2.45, 2.75) is 36.0 Å². The maximum Gasteiger partial charge on any atom is 0.208 e. The Hall–Kier alpha value is -5.93. The van der Waals surface area contributed by atoms with Crippen molar-refractivity contribution in [1.29, 1.82) is 0 Å². The Labute approximate surface area is 291 Å². The Kier molecular flexibility index (Phi) is 9.43. The number of sulfone groups is 1. The summed E-state index contributed by atoms with van der Waals surface area (Å²) in [6.45, 7) is 6.03. The number of ketones is 2. The molecule has 0 radical (unpaired) electrons. The Morgan fingerprint density at radius 3 is 1.52 bits per heavy atom. The second kappa shape index (κ2) is 13.9. The normalized spacial score (nSPS) is 11.5. The number of hydrogen-bond donors (Lipinski definition) is 0. The van der Waals surface area contributed by atoms with Gasteiger partial charge in [0.25, 0.3) is 0 Å². The summed E-state index contributed by atoms with van der Waals surface area (Å²) in [6, 6.07) is 30.5. The number of hydrogen-bond acceptors (Lipinski definition) is 8. The van der Waals surface area contributed by atoms with E-state index in [2.05, 4.69) is 23.8 Å². The molecule has 0 aliphatic rings. The van der Waals surface area contributed by atoms with Crippen molar-refractivity contribution >= 4 is 21.4 Å². The molecule has 4 aromatic carbocycles. The van der Waals surface area contributed by atoms with Gasteiger partial charge in [0.2, 0.25) is 9.84 Å². The van der Waals surface area contributed by atoms with Crippen LogP contribution in [-0.4, -0.2) is 37.1 Å². The summed E-state index contributed by atoms with van der Waals surface area (Å²) in [4.78, 5) is 35.0. The van der Waals surface area contributed by atoms with Gasteiger partial charge < -0.3 is 9.47 Å². The van der Waals surface area contributed by atoms with Crippen molar-refractivity contribution in [3.8, 4) is 17.2 Å². The Bertz CT molecular complexity index is 2290. The Balaban J connectivity index is 1.38. The first-order valence-electron chi connectivity index (χ1n) is 15.8. The zero-order valence-electron chi connectivity index (χ0n) is 28.0. The third-order valence-corrected chi connectivity index (χ3v) is 10.5. The highest BCUT2D eigenvalue weighted by Gasteiger charge is 2.30. The monoisotopic (exact) mass is 682 g/mol. The SMILES string of the molecule is COc1ccc(C(C)(C)c2ccc(Oc3ccc(S(=O)(=O)c4ccc(C)cc4C(=O)c4ccncc4)c(C(=O)c4ccncc4)c3)cc2)cc1. The number of aryl methyl sites for hydroxylation is 1. The molecular weight excluding hydrogens is 649 g/mol. The second-order valence-corrected chi connectivity index (χ2v) is 14.2. The average Bonchev–Trinajstić information content (AvgIpc) is 3.15. The smallest absolute Gasteiger partial charge is 0.208 e. The fraction of sp³-hybridized carbons (Fsp3) is 0.122. The molecule has 0 unspecified atom stereocenters. The molecular formula is C41H34N2O6S. The van der Waals surface area contributed by atoms with E-state index < -0.39 is 21.4 Å². The standard InChI is InChI=1S/C41H34N2O6S/c1-27-5-15-37(35(25-27)39(44)28-17-21-42-22-18-28)50(46,47)38-16-14-34(26-36(38)40(45)29-19-23-43-24-20-29)49-33-12-8-31(9-13-33)41(2,3)30-6-10-32(48-4)11-7-30/h5-26H,1-4H3. The molecule has 0 saturated heterocycles. The van der Waals surface area contributed by atoms with E-state index in [1.165, 1.54) is 79.4 Å². The zero-order chi connectivity index (χ0) is 35.5. The van der Waals surface area contributed by atoms with Gasteiger partial charge in [-0.3, -0.25) is 19.6 Å². The molecule has 2 aromatic heterocycles. The first kappa shape index (κ1) is 34.0. The first-order valence-corrected chi connectivity index (χ1v) is 17.3. The van der Waals surface area contributed by atoms with E-state index in [9.17, 15) is 18.0 Å². The van der Waals surface area contributed by atoms with Gasteiger partial charge in [-0.1, -0.05) is 49.7 Å². The molecule has 0 atom stereocenters. The quantitative estimate of drug-likeness (QED) is 0.126. The average molecular weight is 683 g/mol. The maximum absolute atomic E-state index is 14.4. The Morgan fingerprint density at radius 1 is 0.580 bits per heavy atom. The van der Waals surface area contributed by atoms with Gasteiger partial charge >= 0.3 is 0 Å². The van der Waals surface area contributed by atoms with Crippen LogP contribution < -0.4 is 9.47 Å². The van der Waals surface area contributed by atoms with E-state index in [1.807, 2.05) is 48.5 Å². The van der Waals surface area contributed by atoms with E-state index in [-0.39, 0.29) is 43.2 Å². The molecule has 0 aliphatic heterocycles. The van der Waals surface area contributed by atoms with Crippen LogP contribution in [0.1, 0.15) is 62.4 Å². The third-order valence-electron chi connectivity index (χ3n) is 8.66. The molecule has 0 bridgehead atoms. The van der Waals surface area contributed by atoms with Crippen molar-refractivity contribution in [1.82, 2.24) is 9.97 Å². The van der Waals surface area contributed by atoms with Gasteiger partial charge in [0.15, 0.2) is 11.6 Å². The van der Waals surface area contributed by atoms with Gasteiger partial charge in [-0.2, -0.15) is 0 Å². The number of ether oxygens (including phenoxy) is 2. The van der Waals surface area contributed by atoms with Gasteiger partial charge in [0, 0.05) is 52.5 Å². The first-order chi connectivity index (χ1) is 24.0. The summed E-state index contributed by atoms with van der Waals surface area (Å²) >= 11 is 0. The van der Waals surface area contributed by atoms with Crippen LogP contribution in [0.25, 0.3) is 0 Å². The van der Waals surface area contributed by atoms with Gasteiger partial charge in [-0.05, 0) is 96.9 Å². The number of aromatic nitrogens is 2. The van der Waals surface area contributed by atoms with Crippen LogP contribution in [0.3, 0.4) is 0 Å². The maximum atomic E-state index is 14.4. The van der Waals surface area contributed by atoms with Crippen molar-refractivity contribution in [3.05, 3.63) is 173 Å². The van der Waals surface area contributed by atoms with E-state index in [0.29, 0.717) is 11.3 Å². The third kappa shape index (κ3) is 6.81. The molecule has 8 nitrogen and oxygen atoms in total. The molecule has 2 heterocycles. The number of rotatable bonds is 11. The lowest BCUT2D eigenvalue weighted by molar-refractivity contribution is 0.102. The molecule has 0 saturated carbocycles. The highest BCUT2D eigenvalue weighted by Crippen LogP contribution is 2.36. The zero-order valence-corrected chi connectivity index (χ0v) is 28.8. The molecule has 0 N–H and O–H groups in total. The number of pyridine rings is 2. The predicted octanol–water partition coefficient (Wildman–Crippen LogP) is 8.21. The fourth-order valence-corrected chi connectivity index (χ4v) is 7.34. The fourth-order valence-electron chi connectivity index (χ4n) is 5.73. The number of carbonyl (C=O) groups is 2. The highest BCUT2D eigenvalue weighted by atomic mass is 32.2. The van der Waals surface area contributed by atoms with Crippen molar-refractivity contribution in [2.75, 3.05) is 7.11 Å². The highest BCUT2D eigenvalue weighted by molar-refractivity contribution is 7.91. The molecule has 0 aliphatic carbocycles. The molecule has 6 rings (SSSR count). The van der Waals surface area contributed by atoms with Crippen LogP contribution in [-0.2, 0) is 15.3 Å². The molecule has 250 valence electrons. The van der Waals surface area contributed by atoms with E-state index in [0.717, 1.165) is 16.9 Å². The Morgan fingerprint density at radius 2 is 1.02 bits per heavy atom. The minimum Gasteiger partial charge on any atom is -0.497 e. The number of methoxy groups -OCH3 is 1. The molecule has 6 aromatic rings. The van der Waals surface area contributed by atoms with Crippen molar-refractivity contribution in [3.63, 3.8) is 0 Å². The summed E-state index contributed by atoms with van der Waals surface area (Å²) < 4.78 is 40.4. The van der Waals surface area contributed by atoms with Crippen molar-refractivity contribution in [2.24, 2.45) is 0 Å². The minimum absolute atomic E-state index is 0.00325. The van der Waals surface area contributed by atoms with Gasteiger partial charge in [-0.15, -0.1) is 0 Å². The van der Waals surface area contributed by atoms with E-state index in [1.54, 1.807) is 20.1 Å². The molecule has 50 heavy (non-hydrogen) atoms. The summed E-state index contributed by atoms with van der Waals surface area (Å²) in [5.41, 5.74) is 3.00. The number of benzene rings is 4. The predicted molar refractivity (Wildman–Crippen MR) is 190 cm³/mol. The lowest BCUT2D eigenvalue weighted by atomic mass is 9.78. The van der Waals surface area contributed by atoms with Gasteiger partial charge in [0.05, 0.1) is 16.9 Å². The van der Waals surface area contributed by atoms with Gasteiger partial charge in [-0.25, -0.2) is 8.42 Å². The summed E-state index contributed by atoms with van der Waals surface area (Å²) in [7, 11) is -2.77. The van der Waals surface area contributed by atoms with E-state index >= 15 is 0 Å². The molecule has 9 heteroatoms.